The summed E-state index contributed by atoms with van der Waals surface area (Å²) in [5, 5.41) is 3.46. The van der Waals surface area contributed by atoms with E-state index in [1.807, 2.05) is 0 Å². The first-order chi connectivity index (χ1) is 6.06. The first-order valence-electron chi connectivity index (χ1n) is 5.33. The van der Waals surface area contributed by atoms with Gasteiger partial charge in [-0.3, -0.25) is 0 Å². The average molecular weight is 206 g/mol. The molecule has 0 heterocycles. The van der Waals surface area contributed by atoms with Gasteiger partial charge < -0.3 is 5.32 Å². The van der Waals surface area contributed by atoms with E-state index in [-0.39, 0.29) is 0 Å². The van der Waals surface area contributed by atoms with E-state index in [1.54, 1.807) is 0 Å². The summed E-state index contributed by atoms with van der Waals surface area (Å²) < 4.78 is 0. The molecule has 0 aliphatic rings. The van der Waals surface area contributed by atoms with Crippen molar-refractivity contribution in [3.05, 3.63) is 0 Å². The normalized spacial score (nSPS) is 12.0. The van der Waals surface area contributed by atoms with Crippen molar-refractivity contribution in [2.24, 2.45) is 5.41 Å². The minimum absolute atomic E-state index is 0.461. The third-order valence-corrected chi connectivity index (χ3v) is 2.31. The van der Waals surface area contributed by atoms with Gasteiger partial charge >= 0.3 is 0 Å². The van der Waals surface area contributed by atoms with Crippen molar-refractivity contribution in [1.82, 2.24) is 5.32 Å². The van der Waals surface area contributed by atoms with E-state index < -0.39 is 0 Å². The highest BCUT2D eigenvalue weighted by molar-refractivity contribution is 6.17. The van der Waals surface area contributed by atoms with Crippen molar-refractivity contribution in [3.63, 3.8) is 0 Å². The molecule has 80 valence electrons. The Hall–Kier alpha value is 0.250. The van der Waals surface area contributed by atoms with E-state index >= 15 is 0 Å². The molecule has 0 aromatic heterocycles. The Balaban J connectivity index is 3.00. The molecular formula is C11H24ClN. The van der Waals surface area contributed by atoms with E-state index in [0.717, 1.165) is 25.4 Å². The number of hydrogen-bond acceptors (Lipinski definition) is 1. The largest absolute Gasteiger partial charge is 0.317 e. The lowest BCUT2D eigenvalue weighted by Crippen LogP contribution is -2.21. The van der Waals surface area contributed by atoms with Gasteiger partial charge in [-0.2, -0.15) is 0 Å². The van der Waals surface area contributed by atoms with E-state index in [2.05, 4.69) is 26.1 Å². The van der Waals surface area contributed by atoms with Gasteiger partial charge in [0.25, 0.3) is 0 Å². The molecule has 0 unspecified atom stereocenters. The summed E-state index contributed by atoms with van der Waals surface area (Å²) in [6.45, 7) is 9.13. The third kappa shape index (κ3) is 12.2. The Morgan fingerprint density at radius 3 is 2.23 bits per heavy atom. The van der Waals surface area contributed by atoms with Crippen LogP contribution in [0.1, 0.15) is 46.5 Å². The van der Waals surface area contributed by atoms with Crippen LogP contribution in [0.5, 0.6) is 0 Å². The first-order valence-corrected chi connectivity index (χ1v) is 5.86. The molecule has 0 rings (SSSR count). The van der Waals surface area contributed by atoms with Gasteiger partial charge in [-0.05, 0) is 37.8 Å². The minimum Gasteiger partial charge on any atom is -0.317 e. The summed E-state index contributed by atoms with van der Waals surface area (Å²) in [5.74, 6) is 0.808. The highest BCUT2D eigenvalue weighted by Crippen LogP contribution is 2.16. The van der Waals surface area contributed by atoms with E-state index in [1.165, 1.54) is 19.3 Å². The molecule has 0 saturated carbocycles. The van der Waals surface area contributed by atoms with Gasteiger partial charge in [0, 0.05) is 5.88 Å². The lowest BCUT2D eigenvalue weighted by molar-refractivity contribution is 0.366. The number of alkyl halides is 1. The first kappa shape index (κ1) is 13.2. The van der Waals surface area contributed by atoms with Crippen molar-refractivity contribution < 1.29 is 0 Å². The fourth-order valence-electron chi connectivity index (χ4n) is 1.11. The molecule has 0 saturated heterocycles. The van der Waals surface area contributed by atoms with Crippen LogP contribution in [0.15, 0.2) is 0 Å². The number of nitrogens with one attached hydrogen (secondary N) is 1. The molecule has 0 aromatic rings. The Kier molecular flexibility index (Phi) is 7.78. The molecule has 0 aromatic carbocycles. The lowest BCUT2D eigenvalue weighted by atomic mass is 9.92. The SMILES string of the molecule is CC(C)(C)CCNCCCCCCl. The van der Waals surface area contributed by atoms with Crippen molar-refractivity contribution in [2.45, 2.75) is 46.5 Å². The van der Waals surface area contributed by atoms with Crippen LogP contribution in [0.25, 0.3) is 0 Å². The Labute approximate surface area is 88.2 Å². The number of unbranched alkanes of at least 4 members (excludes halogenated alkanes) is 2. The molecule has 13 heavy (non-hydrogen) atoms. The predicted molar refractivity (Wildman–Crippen MR) is 61.5 cm³/mol. The maximum absolute atomic E-state index is 5.58. The summed E-state index contributed by atoms with van der Waals surface area (Å²) in [7, 11) is 0. The fourth-order valence-corrected chi connectivity index (χ4v) is 1.30. The van der Waals surface area contributed by atoms with Crippen LogP contribution in [-0.4, -0.2) is 19.0 Å². The molecule has 0 radical (unpaired) electrons. The lowest BCUT2D eigenvalue weighted by Gasteiger charge is -2.17. The van der Waals surface area contributed by atoms with E-state index in [0.29, 0.717) is 5.41 Å². The van der Waals surface area contributed by atoms with Gasteiger partial charge in [0.05, 0.1) is 0 Å². The Morgan fingerprint density at radius 1 is 1.00 bits per heavy atom. The molecule has 1 nitrogen and oxygen atoms in total. The summed E-state index contributed by atoms with van der Waals surface area (Å²) in [6.07, 6.45) is 4.92. The van der Waals surface area contributed by atoms with Crippen LogP contribution < -0.4 is 5.32 Å². The van der Waals surface area contributed by atoms with Gasteiger partial charge in [0.1, 0.15) is 0 Å². The van der Waals surface area contributed by atoms with E-state index in [4.69, 9.17) is 11.6 Å². The van der Waals surface area contributed by atoms with Crippen LogP contribution in [0.3, 0.4) is 0 Å². The highest BCUT2D eigenvalue weighted by atomic mass is 35.5. The van der Waals surface area contributed by atoms with Crippen LogP contribution in [0, 0.1) is 5.41 Å². The predicted octanol–water partition coefficient (Wildman–Crippen LogP) is 3.42. The average Bonchev–Trinajstić information content (AvgIpc) is 2.01. The van der Waals surface area contributed by atoms with Gasteiger partial charge in [0.2, 0.25) is 0 Å². The molecule has 0 bridgehead atoms. The molecule has 0 aliphatic carbocycles. The van der Waals surface area contributed by atoms with Crippen LogP contribution in [0.4, 0.5) is 0 Å². The summed E-state index contributed by atoms with van der Waals surface area (Å²) in [4.78, 5) is 0. The number of hydrogen-bond donors (Lipinski definition) is 1. The zero-order valence-electron chi connectivity index (χ0n) is 9.33. The van der Waals surface area contributed by atoms with Crippen molar-refractivity contribution in [2.75, 3.05) is 19.0 Å². The number of halogens is 1. The zero-order chi connectivity index (χ0) is 10.2. The van der Waals surface area contributed by atoms with Gasteiger partial charge in [-0.1, -0.05) is 27.2 Å². The highest BCUT2D eigenvalue weighted by Gasteiger charge is 2.08. The Bertz CT molecular complexity index is 107. The third-order valence-electron chi connectivity index (χ3n) is 2.04. The maximum atomic E-state index is 5.58. The Morgan fingerprint density at radius 2 is 1.69 bits per heavy atom. The maximum Gasteiger partial charge on any atom is 0.0223 e. The quantitative estimate of drug-likeness (QED) is 0.496. The second kappa shape index (κ2) is 7.64. The number of rotatable bonds is 7. The molecule has 2 heteroatoms. The molecule has 0 aliphatic heterocycles. The smallest absolute Gasteiger partial charge is 0.0223 e. The van der Waals surface area contributed by atoms with Crippen molar-refractivity contribution in [3.8, 4) is 0 Å². The van der Waals surface area contributed by atoms with Gasteiger partial charge in [-0.25, -0.2) is 0 Å². The van der Waals surface area contributed by atoms with Gasteiger partial charge in [0.15, 0.2) is 0 Å². The summed E-state index contributed by atoms with van der Waals surface area (Å²) >= 11 is 5.58. The minimum atomic E-state index is 0.461. The molecule has 0 fully saturated rings. The fraction of sp³-hybridized carbons (Fsp3) is 1.00. The molecule has 0 amide bonds. The monoisotopic (exact) mass is 205 g/mol. The molecule has 0 atom stereocenters. The van der Waals surface area contributed by atoms with Crippen molar-refractivity contribution in [1.29, 1.82) is 0 Å². The van der Waals surface area contributed by atoms with E-state index in [9.17, 15) is 0 Å². The topological polar surface area (TPSA) is 12.0 Å². The standard InChI is InChI=1S/C11H24ClN/c1-11(2,3)7-10-13-9-6-4-5-8-12/h13H,4-10H2,1-3H3. The molecule has 1 N–H and O–H groups in total. The molecule has 0 spiro atoms. The van der Waals surface area contributed by atoms with Crippen LogP contribution >= 0.6 is 11.6 Å². The zero-order valence-corrected chi connectivity index (χ0v) is 10.1. The second-order valence-corrected chi connectivity index (χ2v) is 5.19. The van der Waals surface area contributed by atoms with Crippen LogP contribution in [0.2, 0.25) is 0 Å². The summed E-state index contributed by atoms with van der Waals surface area (Å²) in [6, 6.07) is 0. The van der Waals surface area contributed by atoms with Crippen LogP contribution in [-0.2, 0) is 0 Å². The summed E-state index contributed by atoms with van der Waals surface area (Å²) in [5.41, 5.74) is 0.461. The molecular weight excluding hydrogens is 182 g/mol. The second-order valence-electron chi connectivity index (χ2n) is 4.81. The van der Waals surface area contributed by atoms with Crippen molar-refractivity contribution >= 4 is 11.6 Å². The van der Waals surface area contributed by atoms with Gasteiger partial charge in [-0.15, -0.1) is 11.6 Å².